The molecule has 4 N–H and O–H groups in total. The third kappa shape index (κ3) is 12.4. The summed E-state index contributed by atoms with van der Waals surface area (Å²) in [5.41, 5.74) is 9.38. The number of benzene rings is 1. The summed E-state index contributed by atoms with van der Waals surface area (Å²) in [7, 11) is 0. The van der Waals surface area contributed by atoms with Gasteiger partial charge in [-0.25, -0.2) is 4.79 Å². The zero-order valence-electron chi connectivity index (χ0n) is 18.4. The monoisotopic (exact) mass is 470 g/mol. The van der Waals surface area contributed by atoms with E-state index in [4.69, 9.17) is 17.3 Å². The first-order valence-corrected chi connectivity index (χ1v) is 12.6. The van der Waals surface area contributed by atoms with Gasteiger partial charge in [0, 0.05) is 28.8 Å². The summed E-state index contributed by atoms with van der Waals surface area (Å²) in [5.74, 6) is 0.512. The second-order valence-corrected chi connectivity index (χ2v) is 8.13. The average Bonchev–Trinajstić information content (AvgIpc) is 2.77. The summed E-state index contributed by atoms with van der Waals surface area (Å²) in [5, 5.41) is 11.3. The smallest absolute Gasteiger partial charge is 0.336 e. The molecule has 4 nitrogen and oxygen atoms in total. The molecule has 0 aliphatic heterocycles. The summed E-state index contributed by atoms with van der Waals surface area (Å²) in [6.07, 6.45) is 8.49. The SMILES string of the molecule is C/C=C(\C=C/CCl)CS/C=C(\N)CCCNSc1ccc(CC)c(C(=O)O)c1.CC. The van der Waals surface area contributed by atoms with Crippen LogP contribution in [0, 0.1) is 0 Å². The number of halogens is 1. The summed E-state index contributed by atoms with van der Waals surface area (Å²) in [6.45, 7) is 8.76. The molecule has 7 heteroatoms. The molecule has 0 heterocycles. The predicted molar refractivity (Wildman–Crippen MR) is 136 cm³/mol. The molecule has 0 spiro atoms. The highest BCUT2D eigenvalue weighted by Gasteiger charge is 2.09. The molecule has 0 saturated heterocycles. The first kappa shape index (κ1) is 28.7. The Bertz CT molecular complexity index is 719. The molecule has 1 aromatic carbocycles. The first-order valence-electron chi connectivity index (χ1n) is 10.2. The van der Waals surface area contributed by atoms with Gasteiger partial charge in [-0.05, 0) is 66.8 Å². The van der Waals surface area contributed by atoms with E-state index in [0.29, 0.717) is 17.9 Å². The molecule has 0 saturated carbocycles. The van der Waals surface area contributed by atoms with Crippen LogP contribution in [0.15, 0.2) is 58.0 Å². The van der Waals surface area contributed by atoms with Gasteiger partial charge in [0.25, 0.3) is 0 Å². The van der Waals surface area contributed by atoms with Crippen LogP contribution in [-0.4, -0.2) is 29.3 Å². The van der Waals surface area contributed by atoms with Crippen LogP contribution in [0.5, 0.6) is 0 Å². The van der Waals surface area contributed by atoms with E-state index in [2.05, 4.69) is 10.8 Å². The van der Waals surface area contributed by atoms with E-state index in [0.717, 1.165) is 41.3 Å². The van der Waals surface area contributed by atoms with E-state index >= 15 is 0 Å². The van der Waals surface area contributed by atoms with Crippen molar-refractivity contribution in [1.29, 1.82) is 0 Å². The minimum absolute atomic E-state index is 0.375. The van der Waals surface area contributed by atoms with Crippen molar-refractivity contribution in [2.24, 2.45) is 5.73 Å². The van der Waals surface area contributed by atoms with Gasteiger partial charge in [0.2, 0.25) is 0 Å². The molecule has 30 heavy (non-hydrogen) atoms. The largest absolute Gasteiger partial charge is 0.478 e. The minimum Gasteiger partial charge on any atom is -0.478 e. The van der Waals surface area contributed by atoms with Crippen LogP contribution in [0.4, 0.5) is 0 Å². The number of nitrogens with one attached hydrogen (secondary N) is 1. The van der Waals surface area contributed by atoms with Gasteiger partial charge in [-0.15, -0.1) is 23.4 Å². The van der Waals surface area contributed by atoms with Gasteiger partial charge in [-0.3, -0.25) is 4.72 Å². The lowest BCUT2D eigenvalue weighted by molar-refractivity contribution is 0.0695. The Morgan fingerprint density at radius 2 is 2.07 bits per heavy atom. The van der Waals surface area contributed by atoms with Crippen LogP contribution in [0.25, 0.3) is 0 Å². The van der Waals surface area contributed by atoms with E-state index in [9.17, 15) is 9.90 Å². The highest BCUT2D eigenvalue weighted by molar-refractivity contribution is 8.02. The highest BCUT2D eigenvalue weighted by Crippen LogP contribution is 2.20. The Hall–Kier alpha value is -1.34. The van der Waals surface area contributed by atoms with Crippen LogP contribution in [0.2, 0.25) is 0 Å². The predicted octanol–water partition coefficient (Wildman–Crippen LogP) is 6.62. The Balaban J connectivity index is 0.00000407. The van der Waals surface area contributed by atoms with E-state index in [1.807, 2.05) is 57.4 Å². The third-order valence-corrected chi connectivity index (χ3v) is 5.89. The summed E-state index contributed by atoms with van der Waals surface area (Å²) in [6, 6.07) is 5.55. The van der Waals surface area contributed by atoms with Crippen LogP contribution in [0.1, 0.15) is 56.5 Å². The van der Waals surface area contributed by atoms with Crippen LogP contribution in [0.3, 0.4) is 0 Å². The Morgan fingerprint density at radius 1 is 1.33 bits per heavy atom. The molecule has 0 atom stereocenters. The molecule has 0 aromatic heterocycles. The van der Waals surface area contributed by atoms with Crippen molar-refractivity contribution in [2.75, 3.05) is 18.2 Å². The lowest BCUT2D eigenvalue weighted by atomic mass is 10.1. The number of thioether (sulfide) groups is 1. The maximum Gasteiger partial charge on any atom is 0.336 e. The van der Waals surface area contributed by atoms with Gasteiger partial charge in [0.05, 0.1) is 5.56 Å². The number of hydrogen-bond acceptors (Lipinski definition) is 5. The Kier molecular flexibility index (Phi) is 17.6. The fourth-order valence-corrected chi connectivity index (χ4v) is 4.04. The van der Waals surface area contributed by atoms with E-state index < -0.39 is 5.97 Å². The normalized spacial score (nSPS) is 12.0. The molecule has 0 amide bonds. The summed E-state index contributed by atoms with van der Waals surface area (Å²) >= 11 is 8.79. The highest BCUT2D eigenvalue weighted by atomic mass is 35.5. The molecule has 0 aliphatic carbocycles. The molecule has 0 radical (unpaired) electrons. The van der Waals surface area contributed by atoms with Crippen molar-refractivity contribution in [3.05, 3.63) is 64.2 Å². The first-order chi connectivity index (χ1) is 14.5. The van der Waals surface area contributed by atoms with Gasteiger partial charge < -0.3 is 10.8 Å². The second kappa shape index (κ2) is 18.4. The van der Waals surface area contributed by atoms with Gasteiger partial charge in [-0.1, -0.05) is 45.1 Å². The number of alkyl halides is 1. The number of allylic oxidation sites excluding steroid dienone is 4. The Morgan fingerprint density at radius 3 is 2.67 bits per heavy atom. The zero-order valence-corrected chi connectivity index (χ0v) is 20.8. The number of carboxylic acid groups (broad SMARTS) is 1. The molecule has 1 rings (SSSR count). The van der Waals surface area contributed by atoms with Gasteiger partial charge in [-0.2, -0.15) is 0 Å². The molecule has 1 aromatic rings. The standard InChI is InChI=1S/C21H29ClN2O2S2.C2H6/c1-3-16(7-5-11-22)14-27-15-18(23)8-6-12-24-28-19-10-9-17(4-2)20(13-19)21(25)26;1-2/h3,5,7,9-10,13,15,24H,4,6,8,11-12,14,23H2,1-2H3,(H,25,26);1-2H3/b7-5-,16-3+,18-15-;. The molecular formula is C23H35ClN2O2S2. The minimum atomic E-state index is -0.881. The fourth-order valence-electron chi connectivity index (χ4n) is 2.35. The topological polar surface area (TPSA) is 75.3 Å². The quantitative estimate of drug-likeness (QED) is 0.130. The lowest BCUT2D eigenvalue weighted by Crippen LogP contribution is -2.08. The molecule has 0 aliphatic rings. The molecular weight excluding hydrogens is 436 g/mol. The number of aromatic carboxylic acids is 1. The van der Waals surface area contributed by atoms with Crippen molar-refractivity contribution in [2.45, 2.75) is 51.9 Å². The molecule has 168 valence electrons. The third-order valence-electron chi connectivity index (χ3n) is 3.90. The van der Waals surface area contributed by atoms with Crippen LogP contribution in [-0.2, 0) is 6.42 Å². The summed E-state index contributed by atoms with van der Waals surface area (Å²) < 4.78 is 3.27. The van der Waals surface area contributed by atoms with E-state index in [1.165, 1.54) is 17.5 Å². The number of hydrogen-bond donors (Lipinski definition) is 3. The van der Waals surface area contributed by atoms with Gasteiger partial charge in [0.15, 0.2) is 0 Å². The lowest BCUT2D eigenvalue weighted by Gasteiger charge is -2.08. The average molecular weight is 471 g/mol. The van der Waals surface area contributed by atoms with Crippen LogP contribution >= 0.6 is 35.3 Å². The number of aryl methyl sites for hydroxylation is 1. The number of rotatable bonds is 13. The molecule has 0 bridgehead atoms. The fraction of sp³-hybridized carbons (Fsp3) is 0.435. The van der Waals surface area contributed by atoms with Crippen molar-refractivity contribution in [3.8, 4) is 0 Å². The zero-order chi connectivity index (χ0) is 22.8. The maximum absolute atomic E-state index is 11.3. The van der Waals surface area contributed by atoms with Gasteiger partial charge in [0.1, 0.15) is 0 Å². The maximum atomic E-state index is 11.3. The van der Waals surface area contributed by atoms with Crippen molar-refractivity contribution < 1.29 is 9.90 Å². The van der Waals surface area contributed by atoms with E-state index in [-0.39, 0.29) is 0 Å². The molecule has 0 unspecified atom stereocenters. The Labute approximate surface area is 195 Å². The number of carboxylic acids is 1. The van der Waals surface area contributed by atoms with Crippen molar-refractivity contribution in [1.82, 2.24) is 4.72 Å². The summed E-state index contributed by atoms with van der Waals surface area (Å²) in [4.78, 5) is 12.2. The second-order valence-electron chi connectivity index (χ2n) is 6.00. The molecule has 0 fully saturated rings. The number of carbonyl (C=O) groups is 1. The van der Waals surface area contributed by atoms with Crippen molar-refractivity contribution in [3.63, 3.8) is 0 Å². The van der Waals surface area contributed by atoms with Crippen molar-refractivity contribution >= 4 is 41.3 Å². The van der Waals surface area contributed by atoms with E-state index in [1.54, 1.807) is 17.8 Å². The van der Waals surface area contributed by atoms with Crippen LogP contribution < -0.4 is 10.5 Å². The van der Waals surface area contributed by atoms with Gasteiger partial charge >= 0.3 is 5.97 Å². The number of nitrogens with two attached hydrogens (primary N) is 1.